The van der Waals surface area contributed by atoms with Crippen LogP contribution in [-0.2, 0) is 9.59 Å². The SMILES string of the molecule is CC(CCO)NC(=O)CC(C)NC(=O)C1CCCC1. The Balaban J connectivity index is 2.23. The van der Waals surface area contributed by atoms with Crippen molar-refractivity contribution in [3.63, 3.8) is 0 Å². The van der Waals surface area contributed by atoms with Gasteiger partial charge in [0.25, 0.3) is 0 Å². The Hall–Kier alpha value is -1.10. The predicted molar refractivity (Wildman–Crippen MR) is 73.5 cm³/mol. The molecule has 0 aromatic rings. The lowest BCUT2D eigenvalue weighted by molar-refractivity contribution is -0.126. The fourth-order valence-corrected chi connectivity index (χ4v) is 2.48. The number of carbonyl (C=O) groups excluding carboxylic acids is 2. The van der Waals surface area contributed by atoms with Gasteiger partial charge in [-0.15, -0.1) is 0 Å². The van der Waals surface area contributed by atoms with Crippen LogP contribution in [0.4, 0.5) is 0 Å². The summed E-state index contributed by atoms with van der Waals surface area (Å²) >= 11 is 0. The third-order valence-corrected chi connectivity index (χ3v) is 3.58. The first-order valence-electron chi connectivity index (χ1n) is 7.23. The molecule has 5 heteroatoms. The Morgan fingerprint density at radius 2 is 1.79 bits per heavy atom. The van der Waals surface area contributed by atoms with Gasteiger partial charge in [-0.05, 0) is 33.1 Å². The quantitative estimate of drug-likeness (QED) is 0.644. The van der Waals surface area contributed by atoms with Crippen LogP contribution in [0, 0.1) is 5.92 Å². The van der Waals surface area contributed by atoms with Crippen LogP contribution in [0.1, 0.15) is 52.4 Å². The van der Waals surface area contributed by atoms with Gasteiger partial charge in [0.15, 0.2) is 0 Å². The molecular weight excluding hydrogens is 244 g/mol. The molecule has 0 aliphatic heterocycles. The van der Waals surface area contributed by atoms with Crippen LogP contribution in [0.15, 0.2) is 0 Å². The first kappa shape index (κ1) is 16.0. The zero-order valence-electron chi connectivity index (χ0n) is 11.9. The summed E-state index contributed by atoms with van der Waals surface area (Å²) in [7, 11) is 0. The van der Waals surface area contributed by atoms with Gasteiger partial charge in [-0.3, -0.25) is 9.59 Å². The highest BCUT2D eigenvalue weighted by Crippen LogP contribution is 2.24. The van der Waals surface area contributed by atoms with E-state index in [0.717, 1.165) is 25.7 Å². The molecule has 0 saturated heterocycles. The third kappa shape index (κ3) is 6.05. The third-order valence-electron chi connectivity index (χ3n) is 3.58. The topological polar surface area (TPSA) is 78.4 Å². The van der Waals surface area contributed by atoms with Crippen molar-refractivity contribution in [3.05, 3.63) is 0 Å². The monoisotopic (exact) mass is 270 g/mol. The maximum Gasteiger partial charge on any atom is 0.223 e. The van der Waals surface area contributed by atoms with Gasteiger partial charge in [-0.25, -0.2) is 0 Å². The van der Waals surface area contributed by atoms with Crippen molar-refractivity contribution in [3.8, 4) is 0 Å². The van der Waals surface area contributed by atoms with Crippen LogP contribution >= 0.6 is 0 Å². The average molecular weight is 270 g/mol. The minimum atomic E-state index is -0.144. The molecule has 0 heterocycles. The zero-order chi connectivity index (χ0) is 14.3. The normalized spacial score (nSPS) is 18.9. The van der Waals surface area contributed by atoms with Crippen LogP contribution in [0.2, 0.25) is 0 Å². The molecule has 1 saturated carbocycles. The lowest BCUT2D eigenvalue weighted by Gasteiger charge is -2.18. The highest BCUT2D eigenvalue weighted by molar-refractivity contribution is 5.81. The molecule has 1 fully saturated rings. The lowest BCUT2D eigenvalue weighted by Crippen LogP contribution is -2.41. The van der Waals surface area contributed by atoms with Crippen LogP contribution in [0.3, 0.4) is 0 Å². The summed E-state index contributed by atoms with van der Waals surface area (Å²) in [5.74, 6) is 0.139. The molecule has 19 heavy (non-hydrogen) atoms. The Kier molecular flexibility index (Phi) is 6.84. The van der Waals surface area contributed by atoms with Crippen LogP contribution in [-0.4, -0.2) is 35.6 Å². The zero-order valence-corrected chi connectivity index (χ0v) is 11.9. The maximum atomic E-state index is 11.9. The fourth-order valence-electron chi connectivity index (χ4n) is 2.48. The summed E-state index contributed by atoms with van der Waals surface area (Å²) in [4.78, 5) is 23.6. The van der Waals surface area contributed by atoms with E-state index in [0.29, 0.717) is 6.42 Å². The van der Waals surface area contributed by atoms with E-state index in [-0.39, 0.29) is 42.8 Å². The highest BCUT2D eigenvalue weighted by Gasteiger charge is 2.24. The second-order valence-electron chi connectivity index (χ2n) is 5.58. The molecule has 3 N–H and O–H groups in total. The number of carbonyl (C=O) groups is 2. The number of aliphatic hydroxyl groups excluding tert-OH is 1. The minimum absolute atomic E-state index is 0.0322. The fraction of sp³-hybridized carbons (Fsp3) is 0.857. The molecule has 2 unspecified atom stereocenters. The number of amides is 2. The van der Waals surface area contributed by atoms with Crippen molar-refractivity contribution in [2.24, 2.45) is 5.92 Å². The molecule has 2 amide bonds. The van der Waals surface area contributed by atoms with Gasteiger partial charge in [-0.1, -0.05) is 12.8 Å². The largest absolute Gasteiger partial charge is 0.396 e. The van der Waals surface area contributed by atoms with Crippen molar-refractivity contribution >= 4 is 11.8 Å². The number of rotatable bonds is 7. The molecule has 0 spiro atoms. The molecule has 0 radical (unpaired) electrons. The summed E-state index contributed by atoms with van der Waals surface area (Å²) < 4.78 is 0. The van der Waals surface area contributed by atoms with Gasteiger partial charge >= 0.3 is 0 Å². The van der Waals surface area contributed by atoms with E-state index in [4.69, 9.17) is 5.11 Å². The summed E-state index contributed by atoms with van der Waals surface area (Å²) in [6.07, 6.45) is 5.04. The molecule has 1 aliphatic rings. The number of hydrogen-bond acceptors (Lipinski definition) is 3. The molecule has 1 rings (SSSR count). The van der Waals surface area contributed by atoms with E-state index in [1.54, 1.807) is 0 Å². The number of nitrogens with one attached hydrogen (secondary N) is 2. The van der Waals surface area contributed by atoms with Crippen molar-refractivity contribution in [2.45, 2.75) is 64.5 Å². The molecule has 0 bridgehead atoms. The highest BCUT2D eigenvalue weighted by atomic mass is 16.3. The molecule has 5 nitrogen and oxygen atoms in total. The Morgan fingerprint density at radius 1 is 1.16 bits per heavy atom. The molecule has 0 aromatic heterocycles. The van der Waals surface area contributed by atoms with Gasteiger partial charge in [-0.2, -0.15) is 0 Å². The van der Waals surface area contributed by atoms with Crippen molar-refractivity contribution in [2.75, 3.05) is 6.61 Å². The van der Waals surface area contributed by atoms with Gasteiger partial charge in [0.2, 0.25) is 11.8 Å². The van der Waals surface area contributed by atoms with Gasteiger partial charge in [0, 0.05) is 31.0 Å². The average Bonchev–Trinajstić information content (AvgIpc) is 2.81. The Morgan fingerprint density at radius 3 is 2.37 bits per heavy atom. The second kappa shape index (κ2) is 8.15. The van der Waals surface area contributed by atoms with Gasteiger partial charge < -0.3 is 15.7 Å². The molecular formula is C14H26N2O3. The first-order valence-corrected chi connectivity index (χ1v) is 7.23. The smallest absolute Gasteiger partial charge is 0.223 e. The van der Waals surface area contributed by atoms with Gasteiger partial charge in [0.05, 0.1) is 0 Å². The molecule has 2 atom stereocenters. The minimum Gasteiger partial charge on any atom is -0.396 e. The molecule has 1 aliphatic carbocycles. The summed E-state index contributed by atoms with van der Waals surface area (Å²) in [6.45, 7) is 3.77. The van der Waals surface area contributed by atoms with E-state index in [1.807, 2.05) is 13.8 Å². The standard InChI is InChI=1S/C14H26N2O3/c1-10(7-8-17)15-13(18)9-11(2)16-14(19)12-5-3-4-6-12/h10-12,17H,3-9H2,1-2H3,(H,15,18)(H,16,19). The number of hydrogen-bond donors (Lipinski definition) is 3. The summed E-state index contributed by atoms with van der Waals surface area (Å²) in [5.41, 5.74) is 0. The molecule has 0 aromatic carbocycles. The van der Waals surface area contributed by atoms with Crippen LogP contribution < -0.4 is 10.6 Å². The van der Waals surface area contributed by atoms with Crippen LogP contribution in [0.25, 0.3) is 0 Å². The van der Waals surface area contributed by atoms with E-state index in [2.05, 4.69) is 10.6 Å². The Labute approximate surface area is 115 Å². The lowest BCUT2D eigenvalue weighted by atomic mass is 10.1. The predicted octanol–water partition coefficient (Wildman–Crippen LogP) is 0.958. The molecule has 110 valence electrons. The summed E-state index contributed by atoms with van der Waals surface area (Å²) in [5, 5.41) is 14.5. The van der Waals surface area contributed by atoms with Crippen LogP contribution in [0.5, 0.6) is 0 Å². The number of aliphatic hydroxyl groups is 1. The van der Waals surface area contributed by atoms with Gasteiger partial charge in [0.1, 0.15) is 0 Å². The first-order chi connectivity index (χ1) is 9.02. The van der Waals surface area contributed by atoms with Crippen molar-refractivity contribution in [1.82, 2.24) is 10.6 Å². The Bertz CT molecular complexity index is 301. The van der Waals surface area contributed by atoms with E-state index < -0.39 is 0 Å². The van der Waals surface area contributed by atoms with Crippen molar-refractivity contribution in [1.29, 1.82) is 0 Å². The van der Waals surface area contributed by atoms with E-state index in [1.165, 1.54) is 0 Å². The van der Waals surface area contributed by atoms with E-state index in [9.17, 15) is 9.59 Å². The van der Waals surface area contributed by atoms with Crippen molar-refractivity contribution < 1.29 is 14.7 Å². The van der Waals surface area contributed by atoms with E-state index >= 15 is 0 Å². The maximum absolute atomic E-state index is 11.9. The second-order valence-corrected chi connectivity index (χ2v) is 5.58. The summed E-state index contributed by atoms with van der Waals surface area (Å²) in [6, 6.07) is -0.176.